The highest BCUT2D eigenvalue weighted by Gasteiger charge is 2.17. The molecule has 0 aliphatic heterocycles. The largest absolute Gasteiger partial charge is 0.466 e. The molecule has 0 atom stereocenters. The molecule has 0 amide bonds. The normalized spacial score (nSPS) is 10.8. The van der Waals surface area contributed by atoms with E-state index in [-0.39, 0.29) is 12.4 Å². The predicted molar refractivity (Wildman–Crippen MR) is 97.5 cm³/mol. The summed E-state index contributed by atoms with van der Waals surface area (Å²) in [5, 5.41) is 4.06. The molecule has 0 N–H and O–H groups in total. The first-order valence-corrected chi connectivity index (χ1v) is 9.46. The van der Waals surface area contributed by atoms with Crippen molar-refractivity contribution >= 4 is 28.6 Å². The van der Waals surface area contributed by atoms with Crippen LogP contribution in [-0.4, -0.2) is 22.5 Å². The number of hydrogen-bond donors (Lipinski definition) is 0. The number of aromatic nitrogens is 2. The zero-order valence-corrected chi connectivity index (χ0v) is 15.2. The van der Waals surface area contributed by atoms with E-state index in [1.807, 2.05) is 49.6 Å². The highest BCUT2D eigenvalue weighted by atomic mass is 32.1. The van der Waals surface area contributed by atoms with E-state index >= 15 is 0 Å². The van der Waals surface area contributed by atoms with E-state index < -0.39 is 0 Å². The van der Waals surface area contributed by atoms with Crippen LogP contribution < -0.4 is 0 Å². The molecule has 0 unspecified atom stereocenters. The third kappa shape index (κ3) is 4.07. The summed E-state index contributed by atoms with van der Waals surface area (Å²) in [7, 11) is 0. The van der Waals surface area contributed by atoms with Crippen LogP contribution in [0, 0.1) is 6.92 Å². The zero-order chi connectivity index (χ0) is 16.9. The van der Waals surface area contributed by atoms with Crippen molar-refractivity contribution in [1.29, 1.82) is 0 Å². The van der Waals surface area contributed by atoms with Crippen LogP contribution in [-0.2, 0) is 22.4 Å². The van der Waals surface area contributed by atoms with Gasteiger partial charge in [0.15, 0.2) is 0 Å². The van der Waals surface area contributed by atoms with Gasteiger partial charge in [0.2, 0.25) is 0 Å². The minimum absolute atomic E-state index is 0.213. The topological polar surface area (TPSA) is 52.1 Å². The molecule has 0 saturated carbocycles. The van der Waals surface area contributed by atoms with Crippen LogP contribution in [0.25, 0.3) is 11.3 Å². The molecule has 24 heavy (non-hydrogen) atoms. The van der Waals surface area contributed by atoms with Gasteiger partial charge in [0, 0.05) is 21.5 Å². The SMILES string of the molecule is CCOC(=O)Cc1sc(Cc2nc(C)cs2)nc1-c1ccccc1. The summed E-state index contributed by atoms with van der Waals surface area (Å²) < 4.78 is 5.10. The van der Waals surface area contributed by atoms with Crippen LogP contribution in [0.5, 0.6) is 0 Å². The Morgan fingerprint density at radius 1 is 1.17 bits per heavy atom. The van der Waals surface area contributed by atoms with Crippen LogP contribution in [0.4, 0.5) is 0 Å². The lowest BCUT2D eigenvalue weighted by atomic mass is 10.1. The molecule has 0 fully saturated rings. The van der Waals surface area contributed by atoms with Gasteiger partial charge in [-0.1, -0.05) is 30.3 Å². The van der Waals surface area contributed by atoms with E-state index in [0.717, 1.165) is 31.8 Å². The average Bonchev–Trinajstić information content (AvgIpc) is 3.15. The molecule has 4 nitrogen and oxygen atoms in total. The van der Waals surface area contributed by atoms with Gasteiger partial charge >= 0.3 is 5.97 Å². The Morgan fingerprint density at radius 2 is 1.96 bits per heavy atom. The van der Waals surface area contributed by atoms with Crippen LogP contribution in [0.2, 0.25) is 0 Å². The number of hydrogen-bond acceptors (Lipinski definition) is 6. The summed E-state index contributed by atoms with van der Waals surface area (Å²) in [6.07, 6.45) is 0.957. The van der Waals surface area contributed by atoms with E-state index in [0.29, 0.717) is 13.0 Å². The van der Waals surface area contributed by atoms with Gasteiger partial charge in [0.25, 0.3) is 0 Å². The van der Waals surface area contributed by atoms with E-state index in [9.17, 15) is 4.79 Å². The Kier molecular flexibility index (Phi) is 5.37. The van der Waals surface area contributed by atoms with Gasteiger partial charge in [-0.3, -0.25) is 4.79 Å². The van der Waals surface area contributed by atoms with Crippen molar-refractivity contribution in [2.75, 3.05) is 6.61 Å². The fourth-order valence-corrected chi connectivity index (χ4v) is 4.32. The lowest BCUT2D eigenvalue weighted by Crippen LogP contribution is -2.07. The molecule has 0 radical (unpaired) electrons. The smallest absolute Gasteiger partial charge is 0.311 e. The maximum Gasteiger partial charge on any atom is 0.311 e. The van der Waals surface area contributed by atoms with Gasteiger partial charge in [0.1, 0.15) is 5.01 Å². The van der Waals surface area contributed by atoms with Crippen molar-refractivity contribution in [3.05, 3.63) is 56.3 Å². The molecule has 0 aliphatic rings. The molecular formula is C18H18N2O2S2. The molecule has 124 valence electrons. The number of carbonyl (C=O) groups excluding carboxylic acids is 1. The van der Waals surface area contributed by atoms with Crippen LogP contribution >= 0.6 is 22.7 Å². The second-order valence-corrected chi connectivity index (χ2v) is 7.40. The predicted octanol–water partition coefficient (Wildman–Crippen LogP) is 4.27. The van der Waals surface area contributed by atoms with E-state index in [2.05, 4.69) is 4.98 Å². The first-order chi connectivity index (χ1) is 11.7. The third-order valence-electron chi connectivity index (χ3n) is 3.37. The Hall–Kier alpha value is -2.05. The molecule has 0 bridgehead atoms. The lowest BCUT2D eigenvalue weighted by molar-refractivity contribution is -0.142. The summed E-state index contributed by atoms with van der Waals surface area (Å²) in [6, 6.07) is 9.96. The molecule has 0 aliphatic carbocycles. The number of nitrogens with zero attached hydrogens (tertiary/aromatic N) is 2. The first kappa shape index (κ1) is 16.8. The molecule has 0 spiro atoms. The number of rotatable bonds is 6. The highest BCUT2D eigenvalue weighted by Crippen LogP contribution is 2.30. The fourth-order valence-electron chi connectivity index (χ4n) is 2.37. The van der Waals surface area contributed by atoms with E-state index in [1.54, 1.807) is 22.7 Å². The minimum Gasteiger partial charge on any atom is -0.466 e. The van der Waals surface area contributed by atoms with Crippen LogP contribution in [0.15, 0.2) is 35.7 Å². The highest BCUT2D eigenvalue weighted by molar-refractivity contribution is 7.12. The summed E-state index contributed by atoms with van der Waals surface area (Å²) in [6.45, 7) is 4.20. The Morgan fingerprint density at radius 3 is 2.62 bits per heavy atom. The van der Waals surface area contributed by atoms with Gasteiger partial charge < -0.3 is 4.74 Å². The van der Waals surface area contributed by atoms with Crippen molar-refractivity contribution < 1.29 is 9.53 Å². The quantitative estimate of drug-likeness (QED) is 0.618. The van der Waals surface area contributed by atoms with E-state index in [1.165, 1.54) is 0 Å². The Balaban J connectivity index is 1.91. The van der Waals surface area contributed by atoms with Crippen molar-refractivity contribution in [1.82, 2.24) is 9.97 Å². The first-order valence-electron chi connectivity index (χ1n) is 7.76. The van der Waals surface area contributed by atoms with Gasteiger partial charge in [0.05, 0.1) is 30.2 Å². The molecule has 3 aromatic rings. The van der Waals surface area contributed by atoms with Gasteiger partial charge in [-0.15, -0.1) is 22.7 Å². The third-order valence-corrected chi connectivity index (χ3v) is 5.39. The van der Waals surface area contributed by atoms with E-state index in [4.69, 9.17) is 9.72 Å². The molecule has 3 rings (SSSR count). The number of ether oxygens (including phenoxy) is 1. The van der Waals surface area contributed by atoms with Gasteiger partial charge in [-0.05, 0) is 13.8 Å². The Bertz CT molecular complexity index is 825. The number of esters is 1. The van der Waals surface area contributed by atoms with Crippen molar-refractivity contribution in [3.63, 3.8) is 0 Å². The lowest BCUT2D eigenvalue weighted by Gasteiger charge is -2.02. The van der Waals surface area contributed by atoms with Crippen molar-refractivity contribution in [3.8, 4) is 11.3 Å². The second kappa shape index (κ2) is 7.68. The number of aryl methyl sites for hydroxylation is 1. The summed E-state index contributed by atoms with van der Waals surface area (Å²) >= 11 is 3.21. The number of carbonyl (C=O) groups is 1. The fraction of sp³-hybridized carbons (Fsp3) is 0.278. The summed E-state index contributed by atoms with van der Waals surface area (Å²) in [4.78, 5) is 22.1. The average molecular weight is 358 g/mol. The van der Waals surface area contributed by atoms with Crippen LogP contribution in [0.3, 0.4) is 0 Å². The molecule has 1 aromatic carbocycles. The van der Waals surface area contributed by atoms with Crippen molar-refractivity contribution in [2.24, 2.45) is 0 Å². The molecule has 2 aromatic heterocycles. The Labute approximate surface area is 149 Å². The summed E-state index contributed by atoms with van der Waals surface area (Å²) in [5.74, 6) is -0.213. The summed E-state index contributed by atoms with van der Waals surface area (Å²) in [5.41, 5.74) is 2.92. The second-order valence-electron chi connectivity index (χ2n) is 5.29. The maximum atomic E-state index is 11.9. The molecular weight excluding hydrogens is 340 g/mol. The monoisotopic (exact) mass is 358 g/mol. The standard InChI is InChI=1S/C18H18N2O2S2/c1-3-22-17(21)9-14-18(13-7-5-4-6-8-13)20-16(24-14)10-15-19-12(2)11-23-15/h4-8,11H,3,9-10H2,1-2H3. The van der Waals surface area contributed by atoms with Crippen molar-refractivity contribution in [2.45, 2.75) is 26.7 Å². The minimum atomic E-state index is -0.213. The number of benzene rings is 1. The van der Waals surface area contributed by atoms with Gasteiger partial charge in [-0.2, -0.15) is 0 Å². The zero-order valence-electron chi connectivity index (χ0n) is 13.6. The molecule has 6 heteroatoms. The number of thiazole rings is 2. The van der Waals surface area contributed by atoms with Gasteiger partial charge in [-0.25, -0.2) is 9.97 Å². The van der Waals surface area contributed by atoms with Crippen LogP contribution in [0.1, 0.15) is 27.5 Å². The molecule has 2 heterocycles. The maximum absolute atomic E-state index is 11.9. The molecule has 0 saturated heterocycles.